The van der Waals surface area contributed by atoms with Crippen molar-refractivity contribution in [3.63, 3.8) is 0 Å². The molecule has 1 aliphatic rings. The van der Waals surface area contributed by atoms with E-state index in [0.717, 1.165) is 12.1 Å². The number of anilines is 1. The van der Waals surface area contributed by atoms with E-state index < -0.39 is 18.7 Å². The standard InChI is InChI=1S/C14H10BF3N2O/c16-14(17,18)9-5-7-10(8-6-9)15-19-12-4-2-1-3-11(12)13(21)20-15/h1-8,19H,(H,20,21). The van der Waals surface area contributed by atoms with Crippen LogP contribution in [-0.2, 0) is 6.18 Å². The maximum atomic E-state index is 12.5. The molecular formula is C14H10BF3N2O. The van der Waals surface area contributed by atoms with Gasteiger partial charge in [-0.15, -0.1) is 0 Å². The predicted octanol–water partition coefficient (Wildman–Crippen LogP) is 2.26. The summed E-state index contributed by atoms with van der Waals surface area (Å²) in [7, 11) is 0. The highest BCUT2D eigenvalue weighted by atomic mass is 19.4. The molecule has 0 bridgehead atoms. The van der Waals surface area contributed by atoms with Gasteiger partial charge in [0.25, 0.3) is 0 Å². The fraction of sp³-hybridized carbons (Fsp3) is 0.0714. The van der Waals surface area contributed by atoms with E-state index in [2.05, 4.69) is 10.5 Å². The molecule has 0 saturated heterocycles. The molecule has 2 aromatic carbocycles. The number of rotatable bonds is 1. The molecule has 1 amide bonds. The molecule has 0 spiro atoms. The lowest BCUT2D eigenvalue weighted by atomic mass is 9.66. The first kappa shape index (κ1) is 13.5. The van der Waals surface area contributed by atoms with E-state index in [4.69, 9.17) is 0 Å². The van der Waals surface area contributed by atoms with Crippen LogP contribution in [0, 0.1) is 0 Å². The highest BCUT2D eigenvalue weighted by molar-refractivity contribution is 6.77. The van der Waals surface area contributed by atoms with Gasteiger partial charge in [-0.1, -0.05) is 36.4 Å². The van der Waals surface area contributed by atoms with Gasteiger partial charge >= 0.3 is 13.2 Å². The fourth-order valence-corrected chi connectivity index (χ4v) is 2.24. The highest BCUT2D eigenvalue weighted by Crippen LogP contribution is 2.28. The number of amides is 1. The van der Waals surface area contributed by atoms with Crippen LogP contribution in [0.2, 0.25) is 0 Å². The first-order valence-corrected chi connectivity index (χ1v) is 6.29. The van der Waals surface area contributed by atoms with Crippen LogP contribution in [0.3, 0.4) is 0 Å². The minimum atomic E-state index is -4.37. The van der Waals surface area contributed by atoms with Crippen molar-refractivity contribution >= 4 is 24.0 Å². The Morgan fingerprint density at radius 1 is 0.905 bits per heavy atom. The lowest BCUT2D eigenvalue weighted by Gasteiger charge is -2.25. The second-order valence-electron chi connectivity index (χ2n) is 4.72. The SMILES string of the molecule is O=C1NB(c2ccc(C(F)(F)F)cc2)Nc2ccccc21. The molecule has 0 aromatic heterocycles. The average Bonchev–Trinajstić information content (AvgIpc) is 2.46. The summed E-state index contributed by atoms with van der Waals surface area (Å²) in [5, 5.41) is 5.80. The predicted molar refractivity (Wildman–Crippen MR) is 74.4 cm³/mol. The summed E-state index contributed by atoms with van der Waals surface area (Å²) in [6.07, 6.45) is -4.37. The monoisotopic (exact) mass is 290 g/mol. The number of nitrogens with one attached hydrogen (secondary N) is 2. The number of halogens is 3. The Labute approximate surface area is 119 Å². The van der Waals surface area contributed by atoms with Gasteiger partial charge < -0.3 is 10.5 Å². The summed E-state index contributed by atoms with van der Waals surface area (Å²) in [6.45, 7) is -0.547. The van der Waals surface area contributed by atoms with Crippen molar-refractivity contribution in [1.82, 2.24) is 5.23 Å². The summed E-state index contributed by atoms with van der Waals surface area (Å²) in [6, 6.07) is 11.7. The molecule has 1 heterocycles. The Hall–Kier alpha value is -2.44. The van der Waals surface area contributed by atoms with Crippen molar-refractivity contribution in [3.8, 4) is 0 Å². The van der Waals surface area contributed by atoms with Crippen LogP contribution in [0.1, 0.15) is 15.9 Å². The van der Waals surface area contributed by atoms with Gasteiger partial charge in [0.15, 0.2) is 0 Å². The quantitative estimate of drug-likeness (QED) is 0.791. The maximum Gasteiger partial charge on any atom is 0.416 e. The molecule has 0 atom stereocenters. The number of carbonyl (C=O) groups is 1. The molecule has 2 N–H and O–H groups in total. The van der Waals surface area contributed by atoms with Crippen LogP contribution in [-0.4, -0.2) is 12.9 Å². The Morgan fingerprint density at radius 2 is 1.57 bits per heavy atom. The van der Waals surface area contributed by atoms with E-state index in [9.17, 15) is 18.0 Å². The van der Waals surface area contributed by atoms with Gasteiger partial charge in [0.1, 0.15) is 0 Å². The molecule has 1 aliphatic heterocycles. The number of hydrogen-bond acceptors (Lipinski definition) is 2. The number of carbonyl (C=O) groups excluding carboxylic acids is 1. The largest absolute Gasteiger partial charge is 0.416 e. The number of benzene rings is 2. The van der Waals surface area contributed by atoms with Crippen LogP contribution in [0.5, 0.6) is 0 Å². The zero-order valence-electron chi connectivity index (χ0n) is 10.7. The second-order valence-corrected chi connectivity index (χ2v) is 4.72. The molecule has 0 aliphatic carbocycles. The van der Waals surface area contributed by atoms with Gasteiger partial charge in [-0.25, -0.2) is 0 Å². The molecule has 3 rings (SSSR count). The number of hydrogen-bond donors (Lipinski definition) is 2. The van der Waals surface area contributed by atoms with Crippen molar-refractivity contribution in [2.45, 2.75) is 6.18 Å². The van der Waals surface area contributed by atoms with Crippen LogP contribution < -0.4 is 15.9 Å². The molecule has 106 valence electrons. The molecule has 3 nitrogen and oxygen atoms in total. The highest BCUT2D eigenvalue weighted by Gasteiger charge is 2.32. The molecular weight excluding hydrogens is 280 g/mol. The van der Waals surface area contributed by atoms with Gasteiger partial charge in [0.2, 0.25) is 5.91 Å². The third-order valence-electron chi connectivity index (χ3n) is 3.32. The molecule has 0 fully saturated rings. The van der Waals surface area contributed by atoms with E-state index in [1.165, 1.54) is 12.1 Å². The smallest absolute Gasteiger partial charge is 0.405 e. The first-order chi connectivity index (χ1) is 9.95. The third kappa shape index (κ3) is 2.59. The van der Waals surface area contributed by atoms with Gasteiger partial charge in [-0.2, -0.15) is 13.2 Å². The zero-order chi connectivity index (χ0) is 15.0. The molecule has 2 aromatic rings. The Kier molecular flexibility index (Phi) is 3.12. The first-order valence-electron chi connectivity index (χ1n) is 6.29. The molecule has 0 unspecified atom stereocenters. The molecule has 0 radical (unpaired) electrons. The van der Waals surface area contributed by atoms with Gasteiger partial charge in [-0.05, 0) is 17.6 Å². The van der Waals surface area contributed by atoms with E-state index in [-0.39, 0.29) is 5.91 Å². The van der Waals surface area contributed by atoms with Gasteiger partial charge in [0.05, 0.1) is 11.1 Å². The summed E-state index contributed by atoms with van der Waals surface area (Å²) in [5.41, 5.74) is 1.02. The zero-order valence-corrected chi connectivity index (χ0v) is 10.7. The normalized spacial score (nSPS) is 14.2. The van der Waals surface area contributed by atoms with Gasteiger partial charge in [-0.3, -0.25) is 4.79 Å². The molecule has 7 heteroatoms. The Morgan fingerprint density at radius 3 is 2.24 bits per heavy atom. The van der Waals surface area contributed by atoms with Crippen molar-refractivity contribution in [2.24, 2.45) is 0 Å². The van der Waals surface area contributed by atoms with Crippen LogP contribution >= 0.6 is 0 Å². The lowest BCUT2D eigenvalue weighted by molar-refractivity contribution is -0.137. The second kappa shape index (κ2) is 4.84. The summed E-state index contributed by atoms with van der Waals surface area (Å²) in [4.78, 5) is 12.0. The molecule has 21 heavy (non-hydrogen) atoms. The minimum absolute atomic E-state index is 0.255. The maximum absolute atomic E-state index is 12.5. The summed E-state index contributed by atoms with van der Waals surface area (Å²) in [5.74, 6) is -0.255. The van der Waals surface area contributed by atoms with Crippen LogP contribution in [0.25, 0.3) is 0 Å². The Bertz CT molecular complexity index is 685. The van der Waals surface area contributed by atoms with Crippen molar-refractivity contribution in [2.75, 3.05) is 5.23 Å². The minimum Gasteiger partial charge on any atom is -0.405 e. The third-order valence-corrected chi connectivity index (χ3v) is 3.32. The van der Waals surface area contributed by atoms with Crippen LogP contribution in [0.15, 0.2) is 48.5 Å². The number of para-hydroxylation sites is 1. The fourth-order valence-electron chi connectivity index (χ4n) is 2.24. The molecule has 0 saturated carbocycles. The van der Waals surface area contributed by atoms with E-state index >= 15 is 0 Å². The van der Waals surface area contributed by atoms with Gasteiger partial charge in [0, 0.05) is 5.69 Å². The topological polar surface area (TPSA) is 41.1 Å². The van der Waals surface area contributed by atoms with E-state index in [1.54, 1.807) is 24.3 Å². The van der Waals surface area contributed by atoms with Crippen molar-refractivity contribution in [3.05, 3.63) is 59.7 Å². The Balaban J connectivity index is 1.88. The number of alkyl halides is 3. The van der Waals surface area contributed by atoms with Crippen molar-refractivity contribution < 1.29 is 18.0 Å². The van der Waals surface area contributed by atoms with Crippen molar-refractivity contribution in [1.29, 1.82) is 0 Å². The summed E-state index contributed by atoms with van der Waals surface area (Å²) >= 11 is 0. The number of fused-ring (bicyclic) bond motifs is 1. The van der Waals surface area contributed by atoms with Crippen LogP contribution in [0.4, 0.5) is 18.9 Å². The summed E-state index contributed by atoms with van der Waals surface area (Å²) < 4.78 is 37.6. The van der Waals surface area contributed by atoms with E-state index in [0.29, 0.717) is 16.7 Å². The average molecular weight is 290 g/mol. The van der Waals surface area contributed by atoms with E-state index in [1.807, 2.05) is 0 Å². The lowest BCUT2D eigenvalue weighted by Crippen LogP contribution is -2.56.